The normalized spacial score (nSPS) is 11.1. The summed E-state index contributed by atoms with van der Waals surface area (Å²) in [5, 5.41) is 12.0. The van der Waals surface area contributed by atoms with Crippen LogP contribution in [0.4, 0.5) is 5.69 Å². The molecule has 1 aromatic heterocycles. The van der Waals surface area contributed by atoms with Gasteiger partial charge in [-0.15, -0.1) is 0 Å². The van der Waals surface area contributed by atoms with Crippen molar-refractivity contribution in [1.82, 2.24) is 9.55 Å². The van der Waals surface area contributed by atoms with Gasteiger partial charge < -0.3 is 4.57 Å². The molecule has 2 aromatic rings. The molecule has 0 radical (unpaired) electrons. The number of nitro benzene ring substituents is 1. The van der Waals surface area contributed by atoms with E-state index in [1.165, 1.54) is 6.07 Å². The zero-order valence-electron chi connectivity index (χ0n) is 12.7. The van der Waals surface area contributed by atoms with Crippen LogP contribution in [0.3, 0.4) is 0 Å². The molecule has 5 nitrogen and oxygen atoms in total. The van der Waals surface area contributed by atoms with E-state index in [-0.39, 0.29) is 10.6 Å². The van der Waals surface area contributed by atoms with E-state index in [2.05, 4.69) is 30.3 Å². The number of benzene rings is 1. The highest BCUT2D eigenvalue weighted by atomic mass is 32.2. The fourth-order valence-corrected chi connectivity index (χ4v) is 3.50. The van der Waals surface area contributed by atoms with Crippen LogP contribution in [0.5, 0.6) is 0 Å². The number of non-ortho nitro benzene ring substituents is 1. The van der Waals surface area contributed by atoms with Crippen molar-refractivity contribution >= 4 is 17.4 Å². The summed E-state index contributed by atoms with van der Waals surface area (Å²) >= 11 is 1.54. The zero-order valence-corrected chi connectivity index (χ0v) is 13.5. The van der Waals surface area contributed by atoms with Crippen molar-refractivity contribution in [2.75, 3.05) is 0 Å². The third-order valence-corrected chi connectivity index (χ3v) is 4.36. The van der Waals surface area contributed by atoms with Crippen LogP contribution in [-0.2, 0) is 6.54 Å². The number of aromatic nitrogens is 2. The van der Waals surface area contributed by atoms with E-state index < -0.39 is 0 Å². The number of imidazole rings is 1. The third kappa shape index (κ3) is 3.26. The van der Waals surface area contributed by atoms with Gasteiger partial charge in [-0.1, -0.05) is 31.7 Å². The van der Waals surface area contributed by atoms with Gasteiger partial charge in [-0.25, -0.2) is 4.98 Å². The summed E-state index contributed by atoms with van der Waals surface area (Å²) in [5.74, 6) is 1.30. The largest absolute Gasteiger partial charge is 0.323 e. The summed E-state index contributed by atoms with van der Waals surface area (Å²) in [4.78, 5) is 16.0. The van der Waals surface area contributed by atoms with E-state index in [9.17, 15) is 10.1 Å². The monoisotopic (exact) mass is 305 g/mol. The fraction of sp³-hybridized carbons (Fsp3) is 0.400. The lowest BCUT2D eigenvalue weighted by atomic mass is 10.1. The molecule has 0 fully saturated rings. The molecule has 21 heavy (non-hydrogen) atoms. The van der Waals surface area contributed by atoms with Gasteiger partial charge in [-0.05, 0) is 25.8 Å². The van der Waals surface area contributed by atoms with Crippen LogP contribution in [0.1, 0.15) is 38.2 Å². The van der Waals surface area contributed by atoms with Gasteiger partial charge in [0.25, 0.3) is 5.69 Å². The number of nitro groups is 1. The summed E-state index contributed by atoms with van der Waals surface area (Å²) in [5.41, 5.74) is 1.16. The van der Waals surface area contributed by atoms with Gasteiger partial charge in [-0.3, -0.25) is 10.1 Å². The maximum atomic E-state index is 10.9. The Morgan fingerprint density at radius 2 is 2.14 bits per heavy atom. The second-order valence-electron chi connectivity index (χ2n) is 5.10. The average molecular weight is 305 g/mol. The zero-order chi connectivity index (χ0) is 15.6. The third-order valence-electron chi connectivity index (χ3n) is 3.24. The summed E-state index contributed by atoms with van der Waals surface area (Å²) in [6, 6.07) is 6.73. The molecule has 6 heteroatoms. The number of aryl methyl sites for hydroxylation is 1. The molecule has 0 atom stereocenters. The first-order valence-corrected chi connectivity index (χ1v) is 7.75. The molecule has 0 amide bonds. The fourth-order valence-electron chi connectivity index (χ4n) is 2.20. The van der Waals surface area contributed by atoms with Crippen LogP contribution in [0.15, 0.2) is 34.2 Å². The van der Waals surface area contributed by atoms with Gasteiger partial charge in [0.1, 0.15) is 10.9 Å². The van der Waals surface area contributed by atoms with Crippen molar-refractivity contribution in [2.45, 2.75) is 50.1 Å². The van der Waals surface area contributed by atoms with E-state index in [4.69, 9.17) is 0 Å². The molecule has 0 saturated heterocycles. The van der Waals surface area contributed by atoms with E-state index >= 15 is 0 Å². The van der Waals surface area contributed by atoms with Crippen LogP contribution in [-0.4, -0.2) is 14.5 Å². The molecular formula is C15H19N3O2S. The highest BCUT2D eigenvalue weighted by Gasteiger charge is 2.18. The van der Waals surface area contributed by atoms with Crippen molar-refractivity contribution < 1.29 is 4.92 Å². The van der Waals surface area contributed by atoms with Crippen molar-refractivity contribution in [1.29, 1.82) is 0 Å². The first kappa shape index (κ1) is 15.6. The molecular weight excluding hydrogens is 286 g/mol. The predicted octanol–water partition coefficient (Wildman–Crippen LogP) is 4.39. The van der Waals surface area contributed by atoms with Crippen LogP contribution in [0, 0.1) is 17.0 Å². The first-order chi connectivity index (χ1) is 9.93. The number of nitrogens with zero attached hydrogens (tertiary/aromatic N) is 3. The molecule has 0 aliphatic carbocycles. The quantitative estimate of drug-likeness (QED) is 0.607. The predicted molar refractivity (Wildman–Crippen MR) is 83.9 cm³/mol. The summed E-state index contributed by atoms with van der Waals surface area (Å²) in [6.45, 7) is 9.13. The molecule has 2 rings (SSSR count). The topological polar surface area (TPSA) is 61.0 Å². The van der Waals surface area contributed by atoms with Crippen molar-refractivity contribution in [2.24, 2.45) is 0 Å². The first-order valence-electron chi connectivity index (χ1n) is 6.93. The summed E-state index contributed by atoms with van der Waals surface area (Å²) < 4.78 is 2.15. The van der Waals surface area contributed by atoms with E-state index in [1.807, 2.05) is 13.0 Å². The molecule has 0 bridgehead atoms. The standard InChI is InChI=1S/C15H19N3O2S/c1-5-17-11(4)16-14(10(2)3)15(17)21-13-8-6-7-12(9-13)18(19)20/h6-10H,5H2,1-4H3. The smallest absolute Gasteiger partial charge is 0.270 e. The lowest BCUT2D eigenvalue weighted by molar-refractivity contribution is -0.385. The van der Waals surface area contributed by atoms with Gasteiger partial charge in [-0.2, -0.15) is 0 Å². The average Bonchev–Trinajstić information content (AvgIpc) is 2.75. The highest BCUT2D eigenvalue weighted by Crippen LogP contribution is 2.35. The molecule has 1 heterocycles. The van der Waals surface area contributed by atoms with Crippen LogP contribution >= 0.6 is 11.8 Å². The maximum absolute atomic E-state index is 10.9. The van der Waals surface area contributed by atoms with Crippen molar-refractivity contribution in [3.8, 4) is 0 Å². The number of hydrogen-bond donors (Lipinski definition) is 0. The Balaban J connectivity index is 2.43. The minimum atomic E-state index is -0.365. The van der Waals surface area contributed by atoms with Crippen LogP contribution in [0.25, 0.3) is 0 Å². The van der Waals surface area contributed by atoms with Crippen LogP contribution < -0.4 is 0 Å². The Labute approximate surface area is 128 Å². The molecule has 0 unspecified atom stereocenters. The highest BCUT2D eigenvalue weighted by molar-refractivity contribution is 7.99. The molecule has 1 aromatic carbocycles. The Kier molecular flexibility index (Phi) is 4.67. The lowest BCUT2D eigenvalue weighted by Gasteiger charge is -2.10. The SMILES string of the molecule is CCn1c(C)nc(C(C)C)c1Sc1cccc([N+](=O)[O-])c1. The van der Waals surface area contributed by atoms with Gasteiger partial charge >= 0.3 is 0 Å². The van der Waals surface area contributed by atoms with Gasteiger partial charge in [0.15, 0.2) is 0 Å². The Bertz CT molecular complexity index is 665. The minimum Gasteiger partial charge on any atom is -0.323 e. The Morgan fingerprint density at radius 1 is 1.43 bits per heavy atom. The maximum Gasteiger partial charge on any atom is 0.270 e. The minimum absolute atomic E-state index is 0.116. The Morgan fingerprint density at radius 3 is 2.71 bits per heavy atom. The van der Waals surface area contributed by atoms with Crippen molar-refractivity contribution in [3.63, 3.8) is 0 Å². The van der Waals surface area contributed by atoms with Gasteiger partial charge in [0.2, 0.25) is 0 Å². The molecule has 112 valence electrons. The van der Waals surface area contributed by atoms with Crippen LogP contribution in [0.2, 0.25) is 0 Å². The van der Waals surface area contributed by atoms with Crippen molar-refractivity contribution in [3.05, 3.63) is 45.9 Å². The number of rotatable bonds is 5. The molecule has 0 N–H and O–H groups in total. The summed E-state index contributed by atoms with van der Waals surface area (Å²) in [7, 11) is 0. The second kappa shape index (κ2) is 6.30. The Hall–Kier alpha value is -1.82. The number of hydrogen-bond acceptors (Lipinski definition) is 4. The van der Waals surface area contributed by atoms with Gasteiger partial charge in [0, 0.05) is 23.6 Å². The van der Waals surface area contributed by atoms with Gasteiger partial charge in [0.05, 0.1) is 10.6 Å². The lowest BCUT2D eigenvalue weighted by Crippen LogP contribution is -1.99. The van der Waals surface area contributed by atoms with E-state index in [0.29, 0.717) is 5.92 Å². The van der Waals surface area contributed by atoms with E-state index in [0.717, 1.165) is 28.0 Å². The molecule has 0 aliphatic rings. The van der Waals surface area contributed by atoms with E-state index in [1.54, 1.807) is 23.9 Å². The molecule has 0 spiro atoms. The summed E-state index contributed by atoms with van der Waals surface area (Å²) in [6.07, 6.45) is 0. The molecule has 0 aliphatic heterocycles. The second-order valence-corrected chi connectivity index (χ2v) is 6.17. The molecule has 0 saturated carbocycles.